The summed E-state index contributed by atoms with van der Waals surface area (Å²) >= 11 is 11.5. The van der Waals surface area contributed by atoms with Crippen LogP contribution < -0.4 is 10.1 Å². The Kier molecular flexibility index (Phi) is 6.15. The number of nitrogens with zero attached hydrogens (tertiary/aromatic N) is 2. The predicted octanol–water partition coefficient (Wildman–Crippen LogP) is 3.37. The van der Waals surface area contributed by atoms with Gasteiger partial charge in [-0.1, -0.05) is 11.6 Å². The van der Waals surface area contributed by atoms with E-state index >= 15 is 0 Å². The minimum absolute atomic E-state index is 0.000304. The van der Waals surface area contributed by atoms with Gasteiger partial charge >= 0.3 is 0 Å². The molecule has 0 unspecified atom stereocenters. The number of carbonyl (C=O) groups is 1. The van der Waals surface area contributed by atoms with Crippen molar-refractivity contribution in [3.8, 4) is 5.75 Å². The Morgan fingerprint density at radius 3 is 2.74 bits per heavy atom. The molecule has 0 bridgehead atoms. The summed E-state index contributed by atoms with van der Waals surface area (Å²) in [6, 6.07) is 5.34. The van der Waals surface area contributed by atoms with E-state index in [0.717, 1.165) is 5.56 Å². The number of aromatic nitrogens is 2. The summed E-state index contributed by atoms with van der Waals surface area (Å²) in [6.45, 7) is 2.82. The summed E-state index contributed by atoms with van der Waals surface area (Å²) in [5.41, 5.74) is 1.63. The highest BCUT2D eigenvalue weighted by molar-refractivity contribution is 6.34. The van der Waals surface area contributed by atoms with Crippen LogP contribution in [-0.2, 0) is 4.74 Å². The van der Waals surface area contributed by atoms with Crippen molar-refractivity contribution >= 4 is 34.8 Å². The molecule has 1 N–H and O–H groups in total. The van der Waals surface area contributed by atoms with Crippen molar-refractivity contribution in [1.82, 2.24) is 9.97 Å². The molecule has 2 rings (SSSR count). The van der Waals surface area contributed by atoms with Crippen LogP contribution in [0.2, 0.25) is 10.4 Å². The van der Waals surface area contributed by atoms with Crippen molar-refractivity contribution in [2.75, 3.05) is 25.6 Å². The van der Waals surface area contributed by atoms with Crippen LogP contribution in [0.15, 0.2) is 24.4 Å². The second-order valence-corrected chi connectivity index (χ2v) is 5.31. The van der Waals surface area contributed by atoms with E-state index in [1.165, 1.54) is 6.20 Å². The molecule has 1 heterocycles. The standard InChI is InChI=1S/C15H15Cl2N3O3/c1-9-7-10(23-6-5-22-2)3-4-12(9)19-14(21)11-8-18-15(17)20-13(11)16/h3-4,7-8H,5-6H2,1-2H3,(H,19,21). The van der Waals surface area contributed by atoms with Crippen LogP contribution in [0, 0.1) is 6.92 Å². The molecule has 1 aromatic carbocycles. The maximum Gasteiger partial charge on any atom is 0.260 e. The van der Waals surface area contributed by atoms with E-state index in [0.29, 0.717) is 24.7 Å². The number of benzene rings is 1. The minimum atomic E-state index is -0.414. The second kappa shape index (κ2) is 8.10. The summed E-state index contributed by atoms with van der Waals surface area (Å²) in [7, 11) is 1.61. The molecule has 0 aliphatic heterocycles. The first kappa shape index (κ1) is 17.5. The number of halogens is 2. The van der Waals surface area contributed by atoms with E-state index in [4.69, 9.17) is 32.7 Å². The van der Waals surface area contributed by atoms with Crippen molar-refractivity contribution in [2.24, 2.45) is 0 Å². The molecule has 0 aliphatic carbocycles. The zero-order chi connectivity index (χ0) is 16.8. The van der Waals surface area contributed by atoms with E-state index in [-0.39, 0.29) is 16.0 Å². The largest absolute Gasteiger partial charge is 0.491 e. The van der Waals surface area contributed by atoms with Gasteiger partial charge in [-0.15, -0.1) is 0 Å². The molecule has 0 atom stereocenters. The van der Waals surface area contributed by atoms with Crippen molar-refractivity contribution in [3.63, 3.8) is 0 Å². The number of carbonyl (C=O) groups excluding carboxylic acids is 1. The van der Waals surface area contributed by atoms with Crippen molar-refractivity contribution in [1.29, 1.82) is 0 Å². The maximum atomic E-state index is 12.2. The van der Waals surface area contributed by atoms with Crippen molar-refractivity contribution in [3.05, 3.63) is 46.0 Å². The van der Waals surface area contributed by atoms with Gasteiger partial charge in [-0.2, -0.15) is 0 Å². The molecule has 8 heteroatoms. The number of ether oxygens (including phenoxy) is 2. The monoisotopic (exact) mass is 355 g/mol. The highest BCUT2D eigenvalue weighted by atomic mass is 35.5. The van der Waals surface area contributed by atoms with Gasteiger partial charge in [-0.05, 0) is 42.3 Å². The van der Waals surface area contributed by atoms with Crippen LogP contribution >= 0.6 is 23.2 Å². The number of methoxy groups -OCH3 is 1. The lowest BCUT2D eigenvalue weighted by Gasteiger charge is -2.11. The Hall–Kier alpha value is -1.89. The quantitative estimate of drug-likeness (QED) is 0.488. The van der Waals surface area contributed by atoms with Gasteiger partial charge in [0.05, 0.1) is 12.2 Å². The number of aryl methyl sites for hydroxylation is 1. The van der Waals surface area contributed by atoms with Gasteiger partial charge in [0.2, 0.25) is 5.28 Å². The first-order valence-corrected chi connectivity index (χ1v) is 7.48. The summed E-state index contributed by atoms with van der Waals surface area (Å²) in [5.74, 6) is 0.285. The smallest absolute Gasteiger partial charge is 0.260 e. The average molecular weight is 356 g/mol. The summed E-state index contributed by atoms with van der Waals surface area (Å²) in [6.07, 6.45) is 1.28. The predicted molar refractivity (Wildman–Crippen MR) is 88.6 cm³/mol. The van der Waals surface area contributed by atoms with Crippen LogP contribution in [0.3, 0.4) is 0 Å². The Bertz CT molecular complexity index is 710. The van der Waals surface area contributed by atoms with Crippen LogP contribution in [0.4, 0.5) is 5.69 Å². The third-order valence-corrected chi connectivity index (χ3v) is 3.43. The third-order valence-electron chi connectivity index (χ3n) is 2.96. The fourth-order valence-corrected chi connectivity index (χ4v) is 2.18. The molecule has 122 valence electrons. The molecule has 0 saturated carbocycles. The molecule has 0 aliphatic rings. The Labute approximate surface area is 143 Å². The van der Waals surface area contributed by atoms with E-state index in [2.05, 4.69) is 15.3 Å². The molecule has 1 aromatic heterocycles. The zero-order valence-corrected chi connectivity index (χ0v) is 14.1. The van der Waals surface area contributed by atoms with Crippen LogP contribution in [0.5, 0.6) is 5.75 Å². The third kappa shape index (κ3) is 4.79. The lowest BCUT2D eigenvalue weighted by Crippen LogP contribution is -2.14. The number of anilines is 1. The second-order valence-electron chi connectivity index (χ2n) is 4.62. The van der Waals surface area contributed by atoms with E-state index in [9.17, 15) is 4.79 Å². The SMILES string of the molecule is COCCOc1ccc(NC(=O)c2cnc(Cl)nc2Cl)c(C)c1. The Morgan fingerprint density at radius 1 is 1.30 bits per heavy atom. The molecule has 0 radical (unpaired) electrons. The normalized spacial score (nSPS) is 10.4. The highest BCUT2D eigenvalue weighted by Crippen LogP contribution is 2.23. The Morgan fingerprint density at radius 2 is 2.09 bits per heavy atom. The van der Waals surface area contributed by atoms with Gasteiger partial charge in [0.15, 0.2) is 0 Å². The molecular weight excluding hydrogens is 341 g/mol. The lowest BCUT2D eigenvalue weighted by atomic mass is 10.2. The van der Waals surface area contributed by atoms with Gasteiger partial charge < -0.3 is 14.8 Å². The summed E-state index contributed by atoms with van der Waals surface area (Å²) in [5, 5.41) is 2.74. The first-order valence-electron chi connectivity index (χ1n) is 6.73. The number of hydrogen-bond acceptors (Lipinski definition) is 5. The molecule has 0 fully saturated rings. The maximum absolute atomic E-state index is 12.2. The van der Waals surface area contributed by atoms with E-state index < -0.39 is 5.91 Å². The molecule has 0 saturated heterocycles. The topological polar surface area (TPSA) is 73.3 Å². The molecule has 2 aromatic rings. The minimum Gasteiger partial charge on any atom is -0.491 e. The molecule has 23 heavy (non-hydrogen) atoms. The van der Waals surface area contributed by atoms with Crippen LogP contribution in [0.25, 0.3) is 0 Å². The highest BCUT2D eigenvalue weighted by Gasteiger charge is 2.14. The van der Waals surface area contributed by atoms with Gasteiger partial charge in [-0.25, -0.2) is 9.97 Å². The summed E-state index contributed by atoms with van der Waals surface area (Å²) in [4.78, 5) is 19.7. The van der Waals surface area contributed by atoms with E-state index in [1.807, 2.05) is 13.0 Å². The van der Waals surface area contributed by atoms with Gasteiger partial charge in [0.25, 0.3) is 5.91 Å². The van der Waals surface area contributed by atoms with Gasteiger partial charge in [0.1, 0.15) is 17.5 Å². The first-order chi connectivity index (χ1) is 11.0. The van der Waals surface area contributed by atoms with Crippen molar-refractivity contribution in [2.45, 2.75) is 6.92 Å². The Balaban J connectivity index is 2.09. The fourth-order valence-electron chi connectivity index (χ4n) is 1.79. The fraction of sp³-hybridized carbons (Fsp3) is 0.267. The van der Waals surface area contributed by atoms with E-state index in [1.54, 1.807) is 19.2 Å². The lowest BCUT2D eigenvalue weighted by molar-refractivity contribution is 0.102. The van der Waals surface area contributed by atoms with Gasteiger partial charge in [0, 0.05) is 19.0 Å². The molecule has 0 spiro atoms. The number of rotatable bonds is 6. The summed E-state index contributed by atoms with van der Waals surface area (Å²) < 4.78 is 10.4. The number of nitrogens with one attached hydrogen (secondary N) is 1. The van der Waals surface area contributed by atoms with Crippen LogP contribution in [-0.4, -0.2) is 36.2 Å². The molecular formula is C15H15Cl2N3O3. The molecule has 6 nitrogen and oxygen atoms in total. The molecule has 1 amide bonds. The average Bonchev–Trinajstić information content (AvgIpc) is 2.50. The number of amides is 1. The van der Waals surface area contributed by atoms with Crippen LogP contribution in [0.1, 0.15) is 15.9 Å². The zero-order valence-electron chi connectivity index (χ0n) is 12.6. The van der Waals surface area contributed by atoms with Gasteiger partial charge in [-0.3, -0.25) is 4.79 Å². The van der Waals surface area contributed by atoms with Crippen molar-refractivity contribution < 1.29 is 14.3 Å². The number of hydrogen-bond donors (Lipinski definition) is 1.